The molecule has 8 N–H and O–H groups in total. The summed E-state index contributed by atoms with van der Waals surface area (Å²) in [7, 11) is -16.6. The van der Waals surface area contributed by atoms with Gasteiger partial charge in [0.2, 0.25) is 0 Å². The summed E-state index contributed by atoms with van der Waals surface area (Å²) in [5, 5.41) is 21.2. The van der Waals surface area contributed by atoms with Crippen molar-refractivity contribution in [2.45, 2.75) is 24.7 Å². The molecule has 7 atom stereocenters. The number of hydrogen-bond donors (Lipinski definition) is 7. The number of imidazole rings is 1. The number of nitrogen functional groups attached to an aromatic ring is 1. The highest BCUT2D eigenvalue weighted by Gasteiger charge is 2.72. The van der Waals surface area contributed by atoms with Crippen LogP contribution in [-0.4, -0.2) is 68.1 Å². The van der Waals surface area contributed by atoms with E-state index in [1.54, 1.807) is 0 Å². The molecule has 0 aromatic carbocycles. The topological polar surface area (TPSA) is 270 Å². The second kappa shape index (κ2) is 7.60. The zero-order valence-electron chi connectivity index (χ0n) is 15.7. The molecule has 0 spiro atoms. The number of rotatable bonds is 8. The quantitative estimate of drug-likeness (QED) is 0.208. The van der Waals surface area contributed by atoms with Gasteiger partial charge in [-0.1, -0.05) is 0 Å². The van der Waals surface area contributed by atoms with Gasteiger partial charge in [-0.15, -0.1) is 0 Å². The number of phosphoric ester groups is 1. The predicted octanol–water partition coefficient (Wildman–Crippen LogP) is -0.965. The lowest BCUT2D eigenvalue weighted by molar-refractivity contribution is -0.0297. The van der Waals surface area contributed by atoms with Crippen molar-refractivity contribution in [1.82, 2.24) is 19.5 Å². The maximum absolute atomic E-state index is 12.0. The summed E-state index contributed by atoms with van der Waals surface area (Å²) in [5.74, 6) is -0.370. The SMILES string of the molecule is Nc1ncnc2c1ncn2C1C(O)C(O)[C@]2(COP(=O)(O)OP(=O)(O)OP(=O)(O)O)C[C@H]12. The van der Waals surface area contributed by atoms with Crippen LogP contribution in [0.3, 0.4) is 0 Å². The number of anilines is 1. The summed E-state index contributed by atoms with van der Waals surface area (Å²) in [5.41, 5.74) is 5.11. The van der Waals surface area contributed by atoms with Crippen LogP contribution in [0.25, 0.3) is 11.2 Å². The second-order valence-corrected chi connectivity index (χ2v) is 11.8. The van der Waals surface area contributed by atoms with Gasteiger partial charge in [0.25, 0.3) is 0 Å². The number of aromatic nitrogens is 4. The molecule has 2 fully saturated rings. The zero-order valence-corrected chi connectivity index (χ0v) is 18.4. The van der Waals surface area contributed by atoms with Gasteiger partial charge >= 0.3 is 23.5 Å². The van der Waals surface area contributed by atoms with Crippen molar-refractivity contribution in [2.24, 2.45) is 11.3 Å². The largest absolute Gasteiger partial charge is 0.490 e. The molecule has 2 aromatic heterocycles. The maximum atomic E-state index is 12.0. The molecule has 17 nitrogen and oxygen atoms in total. The van der Waals surface area contributed by atoms with Gasteiger partial charge in [-0.3, -0.25) is 4.52 Å². The minimum absolute atomic E-state index is 0.108. The third kappa shape index (κ3) is 4.28. The Balaban J connectivity index is 1.50. The van der Waals surface area contributed by atoms with Crippen molar-refractivity contribution >= 4 is 40.4 Å². The first-order valence-electron chi connectivity index (χ1n) is 8.73. The molecule has 5 unspecified atom stereocenters. The Hall–Kier alpha value is -1.32. The number of phosphoric acid groups is 3. The van der Waals surface area contributed by atoms with Crippen molar-refractivity contribution in [1.29, 1.82) is 0 Å². The number of aliphatic hydroxyl groups excluding tert-OH is 2. The van der Waals surface area contributed by atoms with Gasteiger partial charge in [0.05, 0.1) is 25.1 Å². The van der Waals surface area contributed by atoms with E-state index in [-0.39, 0.29) is 17.8 Å². The van der Waals surface area contributed by atoms with Crippen LogP contribution < -0.4 is 5.73 Å². The van der Waals surface area contributed by atoms with E-state index in [0.29, 0.717) is 5.65 Å². The fourth-order valence-corrected chi connectivity index (χ4v) is 7.22. The van der Waals surface area contributed by atoms with Crippen LogP contribution in [0.4, 0.5) is 5.82 Å². The number of nitrogens with two attached hydrogens (primary N) is 1. The smallest absolute Gasteiger partial charge is 0.390 e. The fourth-order valence-electron chi connectivity index (χ4n) is 4.12. The minimum Gasteiger partial charge on any atom is -0.390 e. The van der Waals surface area contributed by atoms with Crippen LogP contribution in [0.5, 0.6) is 0 Å². The summed E-state index contributed by atoms with van der Waals surface area (Å²) < 4.78 is 47.6. The Morgan fingerprint density at radius 3 is 2.44 bits per heavy atom. The standard InChI is InChI=1S/C12H18N5O12P3/c13-10-6-11(15-3-14-10)17(4-16-6)7-5-1-12(5,9(19)8(7)18)2-27-31(23,24)29-32(25,26)28-30(20,21)22/h3-5,7-9,18-19H,1-2H2,(H,23,24)(H,25,26)(H2,13,14,15)(H2,20,21,22)/t5-,7?,8?,9?,12+/m1/s1. The van der Waals surface area contributed by atoms with Crippen molar-refractivity contribution in [3.63, 3.8) is 0 Å². The first kappa shape index (κ1) is 23.8. The minimum atomic E-state index is -5.67. The molecule has 2 aliphatic rings. The van der Waals surface area contributed by atoms with Crippen LogP contribution in [0.15, 0.2) is 12.7 Å². The first-order chi connectivity index (χ1) is 14.7. The summed E-state index contributed by atoms with van der Waals surface area (Å²) in [6, 6.07) is -0.756. The third-order valence-electron chi connectivity index (χ3n) is 5.47. The highest BCUT2D eigenvalue weighted by Crippen LogP contribution is 2.71. The predicted molar refractivity (Wildman–Crippen MR) is 101 cm³/mol. The van der Waals surface area contributed by atoms with E-state index in [0.717, 1.165) is 0 Å². The van der Waals surface area contributed by atoms with Gasteiger partial charge in [0, 0.05) is 5.41 Å². The molecule has 0 amide bonds. The van der Waals surface area contributed by atoms with Crippen molar-refractivity contribution in [2.75, 3.05) is 12.3 Å². The average Bonchev–Trinajstić information content (AvgIpc) is 3.12. The maximum Gasteiger partial charge on any atom is 0.490 e. The molecule has 0 radical (unpaired) electrons. The second-order valence-electron chi connectivity index (χ2n) is 7.42. The molecule has 2 aliphatic carbocycles. The van der Waals surface area contributed by atoms with Gasteiger partial charge in [0.1, 0.15) is 17.9 Å². The molecule has 0 bridgehead atoms. The molecule has 32 heavy (non-hydrogen) atoms. The fraction of sp³-hybridized carbons (Fsp3) is 0.583. The summed E-state index contributed by atoms with van der Waals surface area (Å²) >= 11 is 0. The summed E-state index contributed by atoms with van der Waals surface area (Å²) in [6.07, 6.45) is -0.00416. The van der Waals surface area contributed by atoms with Crippen LogP contribution in [0, 0.1) is 11.3 Å². The number of hydrogen-bond acceptors (Lipinski definition) is 12. The lowest BCUT2D eigenvalue weighted by atomic mass is 10.0. The molecule has 0 aliphatic heterocycles. The number of fused-ring (bicyclic) bond motifs is 2. The third-order valence-corrected chi connectivity index (χ3v) is 9.26. The van der Waals surface area contributed by atoms with E-state index in [4.69, 9.17) is 15.5 Å². The van der Waals surface area contributed by atoms with Gasteiger partial charge in [-0.2, -0.15) is 8.62 Å². The van der Waals surface area contributed by atoms with Gasteiger partial charge in [0.15, 0.2) is 11.5 Å². The van der Waals surface area contributed by atoms with E-state index < -0.39 is 59.7 Å². The van der Waals surface area contributed by atoms with Crippen molar-refractivity contribution < 1.29 is 56.6 Å². The number of nitrogens with zero attached hydrogens (tertiary/aromatic N) is 4. The average molecular weight is 517 g/mol. The molecule has 2 heterocycles. The van der Waals surface area contributed by atoms with Gasteiger partial charge < -0.3 is 40.1 Å². The Labute approximate surface area is 178 Å². The van der Waals surface area contributed by atoms with Crippen LogP contribution in [0.1, 0.15) is 12.5 Å². The van der Waals surface area contributed by atoms with Gasteiger partial charge in [-0.05, 0) is 12.3 Å². The summed E-state index contributed by atoms with van der Waals surface area (Å²) in [4.78, 5) is 48.0. The Morgan fingerprint density at radius 1 is 1.09 bits per heavy atom. The Morgan fingerprint density at radius 2 is 1.78 bits per heavy atom. The van der Waals surface area contributed by atoms with E-state index in [2.05, 4.69) is 28.1 Å². The Bertz CT molecular complexity index is 1200. The molecule has 0 saturated heterocycles. The first-order valence-corrected chi connectivity index (χ1v) is 13.3. The molecule has 4 rings (SSSR count). The molecular weight excluding hydrogens is 499 g/mol. The summed E-state index contributed by atoms with van der Waals surface area (Å²) in [6.45, 7) is -0.695. The molecular formula is C12H18N5O12P3. The van der Waals surface area contributed by atoms with E-state index >= 15 is 0 Å². The molecule has 2 saturated carbocycles. The van der Waals surface area contributed by atoms with Crippen molar-refractivity contribution in [3.05, 3.63) is 12.7 Å². The van der Waals surface area contributed by atoms with Crippen LogP contribution in [-0.2, 0) is 26.8 Å². The zero-order chi connectivity index (χ0) is 23.7. The lowest BCUT2D eigenvalue weighted by Crippen LogP contribution is -2.35. The van der Waals surface area contributed by atoms with Gasteiger partial charge in [-0.25, -0.2) is 28.6 Å². The number of aliphatic hydroxyl groups is 2. The van der Waals surface area contributed by atoms with Crippen molar-refractivity contribution in [3.8, 4) is 0 Å². The lowest BCUT2D eigenvalue weighted by Gasteiger charge is -2.24. The normalized spacial score (nSPS) is 33.6. The van der Waals surface area contributed by atoms with E-state index in [1.165, 1.54) is 17.2 Å². The molecule has 178 valence electrons. The molecule has 20 heteroatoms. The highest BCUT2D eigenvalue weighted by molar-refractivity contribution is 7.66. The van der Waals surface area contributed by atoms with E-state index in [9.17, 15) is 33.7 Å². The highest BCUT2D eigenvalue weighted by atomic mass is 31.3. The van der Waals surface area contributed by atoms with E-state index in [1.807, 2.05) is 0 Å². The van der Waals surface area contributed by atoms with Crippen LogP contribution in [0.2, 0.25) is 0 Å². The van der Waals surface area contributed by atoms with Crippen LogP contribution >= 0.6 is 23.5 Å². The molecule has 2 aromatic rings. The Kier molecular flexibility index (Phi) is 5.66. The monoisotopic (exact) mass is 517 g/mol.